The standard InChI is InChI=1S/C29H34N2O7S/c1-20-19-29(2,3)31(12-7-15-39(35,36)37)25-18-26-22(16-23(20)25)17-24(28(34)38-26)21-9-13-30(14-10-21)11-6-4-5-8-27(32)33/h9-10,13-14,16-19H,4-8,11-12,15H2,1-3H3,(H-,32,33,35,36,37)/p+1. The van der Waals surface area contributed by atoms with Crippen molar-refractivity contribution in [2.75, 3.05) is 17.2 Å². The number of carboxylic acids is 1. The smallest absolute Gasteiger partial charge is 0.344 e. The second-order valence-electron chi connectivity index (χ2n) is 10.7. The summed E-state index contributed by atoms with van der Waals surface area (Å²) in [6.45, 7) is 7.27. The highest BCUT2D eigenvalue weighted by Gasteiger charge is 2.32. The third kappa shape index (κ3) is 6.93. The molecule has 0 saturated heterocycles. The molecule has 0 amide bonds. The average Bonchev–Trinajstić information content (AvgIpc) is 2.84. The van der Waals surface area contributed by atoms with E-state index in [0.29, 0.717) is 24.1 Å². The van der Waals surface area contributed by atoms with Crippen molar-refractivity contribution in [1.29, 1.82) is 0 Å². The number of hydrogen-bond donors (Lipinski definition) is 2. The summed E-state index contributed by atoms with van der Waals surface area (Å²) in [7, 11) is -4.06. The predicted octanol–water partition coefficient (Wildman–Crippen LogP) is 4.67. The topological polar surface area (TPSA) is 129 Å². The van der Waals surface area contributed by atoms with Crippen LogP contribution in [0.25, 0.3) is 27.7 Å². The monoisotopic (exact) mass is 555 g/mol. The van der Waals surface area contributed by atoms with Crippen LogP contribution in [-0.2, 0) is 21.5 Å². The van der Waals surface area contributed by atoms with E-state index in [9.17, 15) is 18.0 Å². The molecule has 0 fully saturated rings. The molecule has 0 saturated carbocycles. The number of aliphatic carboxylic acids is 1. The number of fused-ring (bicyclic) bond motifs is 2. The van der Waals surface area contributed by atoms with Crippen LogP contribution in [0.3, 0.4) is 0 Å². The molecule has 1 aliphatic rings. The highest BCUT2D eigenvalue weighted by molar-refractivity contribution is 7.85. The maximum absolute atomic E-state index is 13.0. The number of rotatable bonds is 11. The molecule has 2 aromatic heterocycles. The summed E-state index contributed by atoms with van der Waals surface area (Å²) in [5.41, 5.74) is 3.68. The van der Waals surface area contributed by atoms with E-state index in [1.807, 2.05) is 68.1 Å². The number of benzene rings is 1. The van der Waals surface area contributed by atoms with Crippen molar-refractivity contribution < 1.29 is 31.9 Å². The Labute approximate surface area is 228 Å². The Morgan fingerprint density at radius 2 is 1.74 bits per heavy atom. The van der Waals surface area contributed by atoms with Crippen molar-refractivity contribution in [1.82, 2.24) is 0 Å². The van der Waals surface area contributed by atoms with Gasteiger partial charge in [-0.3, -0.25) is 9.35 Å². The summed E-state index contributed by atoms with van der Waals surface area (Å²) in [6, 6.07) is 9.42. The van der Waals surface area contributed by atoms with Crippen LogP contribution < -0.4 is 15.1 Å². The number of nitrogens with zero attached hydrogens (tertiary/aromatic N) is 2. The normalized spacial score (nSPS) is 14.8. The summed E-state index contributed by atoms with van der Waals surface area (Å²) in [6.07, 6.45) is 8.75. The Hall–Kier alpha value is -3.50. The van der Waals surface area contributed by atoms with Crippen LogP contribution in [-0.4, -0.2) is 41.9 Å². The lowest BCUT2D eigenvalue weighted by Gasteiger charge is -2.43. The number of hydrogen-bond acceptors (Lipinski definition) is 6. The van der Waals surface area contributed by atoms with Gasteiger partial charge in [-0.05, 0) is 57.7 Å². The molecule has 0 radical (unpaired) electrons. The highest BCUT2D eigenvalue weighted by Crippen LogP contribution is 2.41. The minimum Gasteiger partial charge on any atom is -0.481 e. The minimum atomic E-state index is -4.06. The zero-order chi connectivity index (χ0) is 28.4. The van der Waals surface area contributed by atoms with Gasteiger partial charge in [-0.2, -0.15) is 8.42 Å². The van der Waals surface area contributed by atoms with Crippen molar-refractivity contribution >= 4 is 38.3 Å². The van der Waals surface area contributed by atoms with Gasteiger partial charge in [0.2, 0.25) is 0 Å². The zero-order valence-electron chi connectivity index (χ0n) is 22.5. The van der Waals surface area contributed by atoms with Gasteiger partial charge < -0.3 is 14.4 Å². The minimum absolute atomic E-state index is 0.184. The molecular formula is C29H35N2O7S+. The van der Waals surface area contributed by atoms with Gasteiger partial charge >= 0.3 is 11.6 Å². The first-order valence-electron chi connectivity index (χ1n) is 13.1. The predicted molar refractivity (Wildman–Crippen MR) is 150 cm³/mol. The van der Waals surface area contributed by atoms with E-state index in [2.05, 4.69) is 11.0 Å². The first kappa shape index (κ1) is 28.5. The number of carboxylic acid groups (broad SMARTS) is 1. The lowest BCUT2D eigenvalue weighted by molar-refractivity contribution is -0.697. The summed E-state index contributed by atoms with van der Waals surface area (Å²) >= 11 is 0. The molecule has 0 bridgehead atoms. The zero-order valence-corrected chi connectivity index (χ0v) is 23.3. The summed E-state index contributed by atoms with van der Waals surface area (Å²) < 4.78 is 39.5. The Kier molecular flexibility index (Phi) is 8.27. The molecule has 1 aromatic carbocycles. The first-order valence-corrected chi connectivity index (χ1v) is 14.7. The molecule has 10 heteroatoms. The quantitative estimate of drug-likeness (QED) is 0.151. The molecule has 0 atom stereocenters. The molecule has 4 rings (SSSR count). The molecule has 9 nitrogen and oxygen atoms in total. The molecule has 208 valence electrons. The molecule has 3 aromatic rings. The van der Waals surface area contributed by atoms with Gasteiger partial charge in [0, 0.05) is 59.8 Å². The first-order chi connectivity index (χ1) is 18.3. The Bertz CT molecular complexity index is 1570. The molecule has 0 spiro atoms. The van der Waals surface area contributed by atoms with Crippen molar-refractivity contribution in [2.45, 2.75) is 65.0 Å². The average molecular weight is 556 g/mol. The van der Waals surface area contributed by atoms with E-state index in [1.165, 1.54) is 0 Å². The Morgan fingerprint density at radius 1 is 1.05 bits per heavy atom. The van der Waals surface area contributed by atoms with E-state index < -0.39 is 27.3 Å². The molecule has 0 aliphatic carbocycles. The van der Waals surface area contributed by atoms with E-state index in [-0.39, 0.29) is 18.6 Å². The molecule has 0 unspecified atom stereocenters. The fourth-order valence-electron chi connectivity index (χ4n) is 5.24. The van der Waals surface area contributed by atoms with Crippen LogP contribution in [0.1, 0.15) is 58.4 Å². The number of anilines is 1. The van der Waals surface area contributed by atoms with Gasteiger partial charge in [0.05, 0.1) is 16.9 Å². The number of unbranched alkanes of at least 4 members (excludes halogenated alkanes) is 2. The van der Waals surface area contributed by atoms with Gasteiger partial charge in [-0.15, -0.1) is 0 Å². The van der Waals surface area contributed by atoms with E-state index >= 15 is 0 Å². The van der Waals surface area contributed by atoms with Crippen molar-refractivity contribution in [3.63, 3.8) is 0 Å². The number of allylic oxidation sites excluding steroid dienone is 1. The van der Waals surface area contributed by atoms with Crippen LogP contribution in [0.2, 0.25) is 0 Å². The maximum atomic E-state index is 13.0. The largest absolute Gasteiger partial charge is 0.481 e. The molecular weight excluding hydrogens is 520 g/mol. The number of aromatic nitrogens is 1. The summed E-state index contributed by atoms with van der Waals surface area (Å²) in [4.78, 5) is 25.7. The summed E-state index contributed by atoms with van der Waals surface area (Å²) in [5, 5.41) is 9.53. The molecule has 2 N–H and O–H groups in total. The second-order valence-corrected chi connectivity index (χ2v) is 12.2. The number of aryl methyl sites for hydroxylation is 1. The lowest BCUT2D eigenvalue weighted by atomic mass is 9.88. The van der Waals surface area contributed by atoms with Crippen LogP contribution in [0, 0.1) is 0 Å². The van der Waals surface area contributed by atoms with Crippen LogP contribution in [0.15, 0.2) is 58.0 Å². The van der Waals surface area contributed by atoms with Crippen molar-refractivity contribution in [3.8, 4) is 11.1 Å². The summed E-state index contributed by atoms with van der Waals surface area (Å²) in [5.74, 6) is -1.10. The maximum Gasteiger partial charge on any atom is 0.344 e. The Balaban J connectivity index is 1.60. The SMILES string of the molecule is CC1=CC(C)(C)N(CCCS(=O)(=O)O)c2cc3oc(=O)c(-c4cc[n+](CCCCCC(=O)O)cc4)cc3cc21. The third-order valence-electron chi connectivity index (χ3n) is 7.12. The fraction of sp³-hybridized carbons (Fsp3) is 0.414. The lowest BCUT2D eigenvalue weighted by Crippen LogP contribution is -2.46. The van der Waals surface area contributed by atoms with Crippen LogP contribution >= 0.6 is 0 Å². The number of pyridine rings is 1. The van der Waals surface area contributed by atoms with E-state index in [1.54, 1.807) is 0 Å². The van der Waals surface area contributed by atoms with E-state index in [4.69, 9.17) is 14.1 Å². The third-order valence-corrected chi connectivity index (χ3v) is 7.93. The van der Waals surface area contributed by atoms with Gasteiger partial charge in [0.15, 0.2) is 12.4 Å². The molecule has 1 aliphatic heterocycles. The van der Waals surface area contributed by atoms with Gasteiger partial charge in [0.25, 0.3) is 10.1 Å². The van der Waals surface area contributed by atoms with Crippen LogP contribution in [0.5, 0.6) is 0 Å². The molecule has 39 heavy (non-hydrogen) atoms. The van der Waals surface area contributed by atoms with Gasteiger partial charge in [0.1, 0.15) is 12.1 Å². The Morgan fingerprint density at radius 3 is 2.41 bits per heavy atom. The van der Waals surface area contributed by atoms with Crippen LogP contribution in [0.4, 0.5) is 5.69 Å². The second kappa shape index (κ2) is 11.3. The van der Waals surface area contributed by atoms with E-state index in [0.717, 1.165) is 47.2 Å². The fourth-order valence-corrected chi connectivity index (χ4v) is 5.73. The van der Waals surface area contributed by atoms with Gasteiger partial charge in [-0.25, -0.2) is 9.36 Å². The number of carbonyl (C=O) groups is 1. The molecule has 3 heterocycles. The van der Waals surface area contributed by atoms with Crippen molar-refractivity contribution in [2.24, 2.45) is 0 Å². The van der Waals surface area contributed by atoms with Gasteiger partial charge in [-0.1, -0.05) is 6.08 Å². The highest BCUT2D eigenvalue weighted by atomic mass is 32.2. The van der Waals surface area contributed by atoms with Crippen molar-refractivity contribution in [3.05, 3.63) is 64.8 Å².